The molecule has 2 heterocycles. The van der Waals surface area contributed by atoms with E-state index >= 15 is 0 Å². The maximum Gasteiger partial charge on any atom is 0.261 e. The number of hydrogen-bond acceptors (Lipinski definition) is 6. The van der Waals surface area contributed by atoms with E-state index in [2.05, 4.69) is 33.9 Å². The zero-order valence-corrected chi connectivity index (χ0v) is 26.3. The van der Waals surface area contributed by atoms with E-state index < -0.39 is 16.3 Å². The highest BCUT2D eigenvalue weighted by Crippen LogP contribution is 2.47. The molecular formula is C37H42N2O5S. The summed E-state index contributed by atoms with van der Waals surface area (Å²) in [5.74, 6) is -0.0763. The van der Waals surface area contributed by atoms with Gasteiger partial charge in [-0.1, -0.05) is 104 Å². The van der Waals surface area contributed by atoms with Gasteiger partial charge in [-0.3, -0.25) is 4.72 Å². The summed E-state index contributed by atoms with van der Waals surface area (Å²) < 4.78 is 42.7. The van der Waals surface area contributed by atoms with Crippen LogP contribution in [0.5, 0.6) is 0 Å². The second-order valence-corrected chi connectivity index (χ2v) is 13.7. The van der Waals surface area contributed by atoms with E-state index in [1.54, 1.807) is 42.5 Å². The lowest BCUT2D eigenvalue weighted by Gasteiger charge is -2.44. The minimum Gasteiger partial charge on any atom is -0.392 e. The molecule has 7 nitrogen and oxygen atoms in total. The Labute approximate surface area is 266 Å². The van der Waals surface area contributed by atoms with Crippen molar-refractivity contribution in [2.45, 2.75) is 68.0 Å². The SMILES string of the molecule is O=S(=O)(Nc1cccc(C2OC(CN3CCCCCCC3)C(c3ccccc3)C(c3ccc(CO)cc3)O2)c1)c1ccccc1. The molecule has 2 saturated heterocycles. The van der Waals surface area contributed by atoms with Gasteiger partial charge in [-0.15, -0.1) is 0 Å². The van der Waals surface area contributed by atoms with Gasteiger partial charge in [0.25, 0.3) is 10.0 Å². The van der Waals surface area contributed by atoms with Crippen LogP contribution in [0.25, 0.3) is 0 Å². The second kappa shape index (κ2) is 14.7. The Kier molecular flexibility index (Phi) is 10.3. The number of aliphatic hydroxyl groups excluding tert-OH is 1. The van der Waals surface area contributed by atoms with Crippen molar-refractivity contribution in [3.63, 3.8) is 0 Å². The van der Waals surface area contributed by atoms with Crippen LogP contribution in [-0.2, 0) is 26.1 Å². The van der Waals surface area contributed by atoms with Crippen LogP contribution in [0, 0.1) is 0 Å². The molecule has 4 aromatic rings. The van der Waals surface area contributed by atoms with Crippen molar-refractivity contribution in [3.8, 4) is 0 Å². The lowest BCUT2D eigenvalue weighted by molar-refractivity contribution is -0.263. The Morgan fingerprint density at radius 3 is 2.04 bits per heavy atom. The van der Waals surface area contributed by atoms with Crippen molar-refractivity contribution < 1.29 is 23.0 Å². The van der Waals surface area contributed by atoms with Crippen molar-refractivity contribution in [2.24, 2.45) is 0 Å². The normalized spacial score (nSPS) is 23.1. The topological polar surface area (TPSA) is 88.1 Å². The van der Waals surface area contributed by atoms with Gasteiger partial charge in [-0.25, -0.2) is 8.42 Å². The molecule has 2 N–H and O–H groups in total. The molecule has 6 rings (SSSR count). The van der Waals surface area contributed by atoms with Crippen molar-refractivity contribution in [3.05, 3.63) is 131 Å². The van der Waals surface area contributed by atoms with Crippen LogP contribution in [-0.4, -0.2) is 44.2 Å². The Morgan fingerprint density at radius 2 is 1.36 bits per heavy atom. The van der Waals surface area contributed by atoms with Gasteiger partial charge in [0.1, 0.15) is 0 Å². The minimum atomic E-state index is -3.76. The average molecular weight is 627 g/mol. The largest absolute Gasteiger partial charge is 0.392 e. The molecule has 0 aliphatic carbocycles. The molecule has 0 radical (unpaired) electrons. The Balaban J connectivity index is 1.35. The number of aliphatic hydroxyl groups is 1. The van der Waals surface area contributed by atoms with E-state index in [9.17, 15) is 13.5 Å². The van der Waals surface area contributed by atoms with Gasteiger partial charge in [-0.2, -0.15) is 0 Å². The molecule has 4 unspecified atom stereocenters. The first-order valence-corrected chi connectivity index (χ1v) is 17.4. The number of benzene rings is 4. The molecule has 0 bridgehead atoms. The summed E-state index contributed by atoms with van der Waals surface area (Å²) in [6, 6.07) is 34.0. The minimum absolute atomic E-state index is 0.0249. The van der Waals surface area contributed by atoms with Gasteiger partial charge in [0.15, 0.2) is 6.29 Å². The third kappa shape index (κ3) is 7.83. The van der Waals surface area contributed by atoms with E-state index in [-0.39, 0.29) is 29.6 Å². The number of nitrogens with zero attached hydrogens (tertiary/aromatic N) is 1. The fraction of sp³-hybridized carbons (Fsp3) is 0.351. The molecule has 4 atom stereocenters. The van der Waals surface area contributed by atoms with Gasteiger partial charge in [-0.05, 0) is 66.9 Å². The van der Waals surface area contributed by atoms with E-state index in [0.717, 1.165) is 41.9 Å². The summed E-state index contributed by atoms with van der Waals surface area (Å²) in [6.45, 7) is 2.83. The standard InChI is InChI=1S/C37H42N2O5S/c40-27-28-19-21-30(22-20-28)36-35(29-13-6-4-7-14-29)34(26-39-23-10-2-1-3-11-24-39)43-37(44-36)31-15-12-16-32(25-31)38-45(41,42)33-17-8-5-9-18-33/h4-9,12-22,25,34-38,40H,1-3,10-11,23-24,26-27H2. The molecule has 0 aromatic heterocycles. The number of likely N-dealkylation sites (tertiary alicyclic amines) is 1. The summed E-state index contributed by atoms with van der Waals surface area (Å²) in [5, 5.41) is 9.70. The maximum absolute atomic E-state index is 13.1. The number of ether oxygens (including phenoxy) is 2. The summed E-state index contributed by atoms with van der Waals surface area (Å²) in [4.78, 5) is 2.74. The fourth-order valence-electron chi connectivity index (χ4n) is 6.48. The molecule has 4 aromatic carbocycles. The summed E-state index contributed by atoms with van der Waals surface area (Å²) in [5.41, 5.74) is 4.18. The maximum atomic E-state index is 13.1. The quantitative estimate of drug-likeness (QED) is 0.205. The monoisotopic (exact) mass is 626 g/mol. The zero-order chi connectivity index (χ0) is 31.1. The molecule has 45 heavy (non-hydrogen) atoms. The number of sulfonamides is 1. The first-order chi connectivity index (χ1) is 22.0. The predicted molar refractivity (Wildman–Crippen MR) is 176 cm³/mol. The summed E-state index contributed by atoms with van der Waals surface area (Å²) >= 11 is 0. The molecule has 0 saturated carbocycles. The van der Waals surface area contributed by atoms with Gasteiger partial charge in [0.2, 0.25) is 0 Å². The number of hydrogen-bond donors (Lipinski definition) is 2. The van der Waals surface area contributed by atoms with Crippen LogP contribution in [0.15, 0.2) is 114 Å². The Morgan fingerprint density at radius 1 is 0.711 bits per heavy atom. The van der Waals surface area contributed by atoms with Crippen LogP contribution in [0.2, 0.25) is 0 Å². The van der Waals surface area contributed by atoms with E-state index in [1.165, 1.54) is 32.1 Å². The fourth-order valence-corrected chi connectivity index (χ4v) is 7.55. The summed E-state index contributed by atoms with van der Waals surface area (Å²) in [7, 11) is -3.76. The molecule has 0 amide bonds. The molecule has 0 spiro atoms. The van der Waals surface area contributed by atoms with Crippen LogP contribution < -0.4 is 4.72 Å². The Hall–Kier alpha value is -3.53. The molecule has 2 aliphatic rings. The smallest absolute Gasteiger partial charge is 0.261 e. The van der Waals surface area contributed by atoms with Gasteiger partial charge < -0.3 is 19.5 Å². The molecule has 8 heteroatoms. The molecular weight excluding hydrogens is 584 g/mol. The summed E-state index contributed by atoms with van der Waals surface area (Å²) in [6.07, 6.45) is 4.93. The van der Waals surface area contributed by atoms with E-state index in [4.69, 9.17) is 9.47 Å². The second-order valence-electron chi connectivity index (χ2n) is 12.0. The van der Waals surface area contributed by atoms with E-state index in [0.29, 0.717) is 5.69 Å². The van der Waals surface area contributed by atoms with Crippen LogP contribution in [0.3, 0.4) is 0 Å². The van der Waals surface area contributed by atoms with Gasteiger partial charge in [0.05, 0.1) is 23.7 Å². The first kappa shape index (κ1) is 31.5. The van der Waals surface area contributed by atoms with E-state index in [1.807, 2.05) is 42.5 Å². The average Bonchev–Trinajstić information content (AvgIpc) is 3.06. The van der Waals surface area contributed by atoms with Crippen molar-refractivity contribution in [1.29, 1.82) is 0 Å². The van der Waals surface area contributed by atoms with Crippen LogP contribution in [0.1, 0.15) is 72.7 Å². The number of nitrogens with one attached hydrogen (secondary N) is 1. The molecule has 2 aliphatic heterocycles. The predicted octanol–water partition coefficient (Wildman–Crippen LogP) is 7.18. The van der Waals surface area contributed by atoms with Crippen molar-refractivity contribution in [2.75, 3.05) is 24.4 Å². The van der Waals surface area contributed by atoms with Crippen LogP contribution in [0.4, 0.5) is 5.69 Å². The number of rotatable bonds is 9. The third-order valence-corrected chi connectivity index (χ3v) is 10.2. The van der Waals surface area contributed by atoms with Crippen molar-refractivity contribution >= 4 is 15.7 Å². The third-order valence-electron chi connectivity index (χ3n) is 8.82. The zero-order valence-electron chi connectivity index (χ0n) is 25.5. The number of anilines is 1. The lowest BCUT2D eigenvalue weighted by Crippen LogP contribution is -2.45. The molecule has 2 fully saturated rings. The Bertz CT molecular complexity index is 1610. The van der Waals surface area contributed by atoms with Crippen LogP contribution >= 0.6 is 0 Å². The highest BCUT2D eigenvalue weighted by Gasteiger charge is 2.42. The highest BCUT2D eigenvalue weighted by molar-refractivity contribution is 7.92. The van der Waals surface area contributed by atoms with Gasteiger partial charge >= 0.3 is 0 Å². The van der Waals surface area contributed by atoms with Gasteiger partial charge in [0, 0.05) is 23.7 Å². The first-order valence-electron chi connectivity index (χ1n) is 16.0. The molecule has 236 valence electrons. The van der Waals surface area contributed by atoms with Crippen molar-refractivity contribution in [1.82, 2.24) is 4.90 Å². The lowest BCUT2D eigenvalue weighted by atomic mass is 9.83. The highest BCUT2D eigenvalue weighted by atomic mass is 32.2.